The first kappa shape index (κ1) is 14.6. The molecule has 17 heavy (non-hydrogen) atoms. The van der Waals surface area contributed by atoms with Gasteiger partial charge in [0.1, 0.15) is 0 Å². The molecule has 0 amide bonds. The van der Waals surface area contributed by atoms with Gasteiger partial charge in [-0.15, -0.1) is 11.8 Å². The van der Waals surface area contributed by atoms with Crippen molar-refractivity contribution < 1.29 is 0 Å². The predicted molar refractivity (Wildman–Crippen MR) is 78.6 cm³/mol. The van der Waals surface area contributed by atoms with E-state index in [2.05, 4.69) is 52.0 Å². The highest BCUT2D eigenvalue weighted by Crippen LogP contribution is 2.23. The van der Waals surface area contributed by atoms with Crippen molar-refractivity contribution >= 4 is 11.8 Å². The van der Waals surface area contributed by atoms with Gasteiger partial charge in [0.05, 0.1) is 0 Å². The van der Waals surface area contributed by atoms with Crippen molar-refractivity contribution in [3.05, 3.63) is 29.8 Å². The minimum Gasteiger partial charge on any atom is -0.326 e. The first-order chi connectivity index (χ1) is 7.87. The number of benzene rings is 1. The Bertz CT molecular complexity index is 322. The van der Waals surface area contributed by atoms with E-state index in [0.29, 0.717) is 5.25 Å². The fourth-order valence-corrected chi connectivity index (χ4v) is 2.59. The molecule has 0 aliphatic heterocycles. The van der Waals surface area contributed by atoms with Crippen molar-refractivity contribution in [3.63, 3.8) is 0 Å². The van der Waals surface area contributed by atoms with Gasteiger partial charge in [0, 0.05) is 15.7 Å². The van der Waals surface area contributed by atoms with E-state index in [1.165, 1.54) is 16.9 Å². The summed E-state index contributed by atoms with van der Waals surface area (Å²) in [5.41, 5.74) is 7.36. The molecule has 0 bridgehead atoms. The lowest BCUT2D eigenvalue weighted by atomic mass is 9.97. The van der Waals surface area contributed by atoms with E-state index in [1.54, 1.807) is 0 Å². The summed E-state index contributed by atoms with van der Waals surface area (Å²) >= 11 is 1.92. The second-order valence-electron chi connectivity index (χ2n) is 5.65. The molecule has 1 aromatic carbocycles. The molecule has 0 aliphatic carbocycles. The molecule has 0 saturated carbocycles. The molecule has 1 nitrogen and oxygen atoms in total. The molecule has 0 aliphatic rings. The van der Waals surface area contributed by atoms with Gasteiger partial charge in [-0.3, -0.25) is 0 Å². The molecular weight excluding hydrogens is 226 g/mol. The standard InChI is InChI=1S/C15H25NS/c1-12(2)17-14-9-7-13(8-10-14)6-5-11-15(3,4)16/h7-10,12H,5-6,11,16H2,1-4H3. The molecule has 2 N–H and O–H groups in total. The predicted octanol–water partition coefficient (Wildman–Crippen LogP) is 4.25. The summed E-state index contributed by atoms with van der Waals surface area (Å²) in [5.74, 6) is 0. The molecule has 1 rings (SSSR count). The van der Waals surface area contributed by atoms with Gasteiger partial charge in [-0.1, -0.05) is 26.0 Å². The Hall–Kier alpha value is -0.470. The molecule has 0 unspecified atom stereocenters. The molecule has 96 valence electrons. The molecule has 0 fully saturated rings. The third-order valence-electron chi connectivity index (χ3n) is 2.58. The van der Waals surface area contributed by atoms with Crippen LogP contribution in [0.15, 0.2) is 29.2 Å². The van der Waals surface area contributed by atoms with Gasteiger partial charge in [-0.25, -0.2) is 0 Å². The average molecular weight is 251 g/mol. The fraction of sp³-hybridized carbons (Fsp3) is 0.600. The summed E-state index contributed by atoms with van der Waals surface area (Å²) in [6.45, 7) is 8.63. The number of aryl methyl sites for hydroxylation is 1. The van der Waals surface area contributed by atoms with Crippen molar-refractivity contribution in [2.24, 2.45) is 5.73 Å². The normalized spacial score (nSPS) is 12.1. The number of hydrogen-bond acceptors (Lipinski definition) is 2. The zero-order valence-corrected chi connectivity index (χ0v) is 12.3. The minimum atomic E-state index is -0.0343. The summed E-state index contributed by atoms with van der Waals surface area (Å²) in [6.07, 6.45) is 3.38. The molecule has 2 heteroatoms. The Labute approximate surface area is 110 Å². The molecule has 0 saturated heterocycles. The average Bonchev–Trinajstić information content (AvgIpc) is 2.18. The van der Waals surface area contributed by atoms with Crippen molar-refractivity contribution in [3.8, 4) is 0 Å². The van der Waals surface area contributed by atoms with Crippen molar-refractivity contribution in [2.45, 2.75) is 62.6 Å². The molecule has 0 radical (unpaired) electrons. The molecule has 1 aromatic rings. The first-order valence-corrected chi connectivity index (χ1v) is 7.29. The van der Waals surface area contributed by atoms with E-state index in [4.69, 9.17) is 5.73 Å². The van der Waals surface area contributed by atoms with Gasteiger partial charge < -0.3 is 5.73 Å². The summed E-state index contributed by atoms with van der Waals surface area (Å²) in [5, 5.41) is 0.652. The highest BCUT2D eigenvalue weighted by Gasteiger charge is 2.09. The van der Waals surface area contributed by atoms with Crippen molar-refractivity contribution in [1.82, 2.24) is 0 Å². The minimum absolute atomic E-state index is 0.0343. The van der Waals surface area contributed by atoms with Gasteiger partial charge in [0.25, 0.3) is 0 Å². The Kier molecular flexibility index (Phi) is 5.54. The summed E-state index contributed by atoms with van der Waals surface area (Å²) in [6, 6.07) is 8.95. The van der Waals surface area contributed by atoms with Gasteiger partial charge in [-0.05, 0) is 50.8 Å². The van der Waals surface area contributed by atoms with E-state index in [-0.39, 0.29) is 5.54 Å². The number of nitrogens with two attached hydrogens (primary N) is 1. The van der Waals surface area contributed by atoms with E-state index in [0.717, 1.165) is 12.8 Å². The first-order valence-electron chi connectivity index (χ1n) is 6.41. The van der Waals surface area contributed by atoms with E-state index in [1.807, 2.05) is 11.8 Å². The number of hydrogen-bond donors (Lipinski definition) is 1. The van der Waals surface area contributed by atoms with Crippen LogP contribution in [-0.2, 0) is 6.42 Å². The fourth-order valence-electron chi connectivity index (χ4n) is 1.75. The summed E-state index contributed by atoms with van der Waals surface area (Å²) < 4.78 is 0. The van der Waals surface area contributed by atoms with Crippen LogP contribution < -0.4 is 5.73 Å². The van der Waals surface area contributed by atoms with E-state index in [9.17, 15) is 0 Å². The lowest BCUT2D eigenvalue weighted by Gasteiger charge is -2.17. The SMILES string of the molecule is CC(C)Sc1ccc(CCCC(C)(C)N)cc1. The zero-order chi connectivity index (χ0) is 12.9. The maximum absolute atomic E-state index is 5.98. The van der Waals surface area contributed by atoms with Gasteiger partial charge in [-0.2, -0.15) is 0 Å². The lowest BCUT2D eigenvalue weighted by molar-refractivity contribution is 0.459. The third kappa shape index (κ3) is 6.75. The molecule has 0 spiro atoms. The molecule has 0 heterocycles. The van der Waals surface area contributed by atoms with Crippen LogP contribution >= 0.6 is 11.8 Å². The van der Waals surface area contributed by atoms with Crippen molar-refractivity contribution in [1.29, 1.82) is 0 Å². The smallest absolute Gasteiger partial charge is 0.00971 e. The zero-order valence-electron chi connectivity index (χ0n) is 11.5. The van der Waals surface area contributed by atoms with Gasteiger partial charge >= 0.3 is 0 Å². The highest BCUT2D eigenvalue weighted by molar-refractivity contribution is 7.99. The summed E-state index contributed by atoms with van der Waals surface area (Å²) in [4.78, 5) is 1.36. The van der Waals surface area contributed by atoms with Gasteiger partial charge in [0.2, 0.25) is 0 Å². The quantitative estimate of drug-likeness (QED) is 0.765. The Morgan fingerprint density at radius 2 is 1.76 bits per heavy atom. The second-order valence-corrected chi connectivity index (χ2v) is 7.30. The Morgan fingerprint density at radius 3 is 2.24 bits per heavy atom. The molecule has 0 atom stereocenters. The van der Waals surface area contributed by atoms with Crippen LogP contribution in [0.2, 0.25) is 0 Å². The Morgan fingerprint density at radius 1 is 1.18 bits per heavy atom. The highest BCUT2D eigenvalue weighted by atomic mass is 32.2. The monoisotopic (exact) mass is 251 g/mol. The molecule has 0 aromatic heterocycles. The third-order valence-corrected chi connectivity index (χ3v) is 3.60. The van der Waals surface area contributed by atoms with Crippen LogP contribution in [0.1, 0.15) is 46.1 Å². The van der Waals surface area contributed by atoms with E-state index >= 15 is 0 Å². The van der Waals surface area contributed by atoms with E-state index < -0.39 is 0 Å². The van der Waals surface area contributed by atoms with Crippen LogP contribution in [0.5, 0.6) is 0 Å². The second kappa shape index (κ2) is 6.46. The topological polar surface area (TPSA) is 26.0 Å². The van der Waals surface area contributed by atoms with Crippen molar-refractivity contribution in [2.75, 3.05) is 0 Å². The van der Waals surface area contributed by atoms with Crippen LogP contribution in [0, 0.1) is 0 Å². The maximum atomic E-state index is 5.98. The number of rotatable bonds is 6. The Balaban J connectivity index is 2.40. The van der Waals surface area contributed by atoms with Gasteiger partial charge in [0.15, 0.2) is 0 Å². The number of thioether (sulfide) groups is 1. The van der Waals surface area contributed by atoms with Crippen LogP contribution in [0.4, 0.5) is 0 Å². The van der Waals surface area contributed by atoms with Crippen LogP contribution in [0.25, 0.3) is 0 Å². The largest absolute Gasteiger partial charge is 0.326 e. The lowest BCUT2D eigenvalue weighted by Crippen LogP contribution is -2.31. The summed E-state index contributed by atoms with van der Waals surface area (Å²) in [7, 11) is 0. The van der Waals surface area contributed by atoms with Crippen LogP contribution in [0.3, 0.4) is 0 Å². The molecular formula is C15H25NS. The van der Waals surface area contributed by atoms with Crippen LogP contribution in [-0.4, -0.2) is 10.8 Å². The maximum Gasteiger partial charge on any atom is 0.00971 e.